The molecule has 0 saturated carbocycles. The summed E-state index contributed by atoms with van der Waals surface area (Å²) in [5, 5.41) is 13.5. The summed E-state index contributed by atoms with van der Waals surface area (Å²) in [4.78, 5) is 37.3. The lowest BCUT2D eigenvalue weighted by Gasteiger charge is -2.19. The smallest absolute Gasteiger partial charge is 0.253 e. The summed E-state index contributed by atoms with van der Waals surface area (Å²) in [5.41, 5.74) is -0.0477. The van der Waals surface area contributed by atoms with Gasteiger partial charge in [-0.25, -0.2) is 0 Å². The van der Waals surface area contributed by atoms with Crippen molar-refractivity contribution in [1.82, 2.24) is 15.6 Å². The van der Waals surface area contributed by atoms with Crippen LogP contribution in [0.1, 0.15) is 30.6 Å². The molecular weight excluding hydrogens is 272 g/mol. The van der Waals surface area contributed by atoms with Crippen molar-refractivity contribution in [3.8, 4) is 6.07 Å². The zero-order chi connectivity index (χ0) is 15.8. The highest BCUT2D eigenvalue weighted by atomic mass is 16.2. The van der Waals surface area contributed by atoms with Crippen LogP contribution in [0.2, 0.25) is 0 Å². The highest BCUT2D eigenvalue weighted by Gasteiger charge is 2.22. The maximum atomic E-state index is 12.0. The molecule has 7 nitrogen and oxygen atoms in total. The van der Waals surface area contributed by atoms with Gasteiger partial charge in [0.25, 0.3) is 5.91 Å². The van der Waals surface area contributed by atoms with E-state index in [0.717, 1.165) is 0 Å². The molecule has 7 heteroatoms. The fourth-order valence-corrected chi connectivity index (χ4v) is 1.75. The Hall–Kier alpha value is -2.62. The third kappa shape index (κ3) is 5.48. The van der Waals surface area contributed by atoms with Gasteiger partial charge >= 0.3 is 0 Å². The maximum absolute atomic E-state index is 12.0. The zero-order valence-corrected chi connectivity index (χ0v) is 12.0. The van der Waals surface area contributed by atoms with Gasteiger partial charge in [-0.2, -0.15) is 5.26 Å². The monoisotopic (exact) mass is 290 g/mol. The van der Waals surface area contributed by atoms with Crippen LogP contribution in [0.25, 0.3) is 0 Å². The van der Waals surface area contributed by atoms with Crippen molar-refractivity contribution < 1.29 is 9.59 Å². The average Bonchev–Trinajstić information content (AvgIpc) is 2.44. The van der Waals surface area contributed by atoms with Gasteiger partial charge in [-0.05, 0) is 18.4 Å². The minimum absolute atomic E-state index is 0.109. The number of H-pyrrole nitrogens is 1. The summed E-state index contributed by atoms with van der Waals surface area (Å²) >= 11 is 0. The van der Waals surface area contributed by atoms with E-state index in [1.807, 2.05) is 19.9 Å². The van der Waals surface area contributed by atoms with E-state index in [9.17, 15) is 14.4 Å². The Morgan fingerprint density at radius 1 is 1.38 bits per heavy atom. The van der Waals surface area contributed by atoms with Crippen molar-refractivity contribution in [2.75, 3.05) is 6.54 Å². The number of rotatable bonds is 6. The molecule has 0 aliphatic heterocycles. The molecule has 1 atom stereocenters. The number of hydrogen-bond donors (Lipinski definition) is 3. The number of aromatic amines is 1. The van der Waals surface area contributed by atoms with E-state index in [1.54, 1.807) is 0 Å². The summed E-state index contributed by atoms with van der Waals surface area (Å²) in [7, 11) is 0. The van der Waals surface area contributed by atoms with Crippen molar-refractivity contribution in [3.63, 3.8) is 0 Å². The largest absolute Gasteiger partial charge is 0.341 e. The average molecular weight is 290 g/mol. The lowest BCUT2D eigenvalue weighted by atomic mass is 10.0. The second-order valence-electron chi connectivity index (χ2n) is 4.97. The molecule has 1 aromatic heterocycles. The molecule has 0 radical (unpaired) electrons. The molecule has 0 spiro atoms. The van der Waals surface area contributed by atoms with Crippen molar-refractivity contribution in [3.05, 3.63) is 34.2 Å². The molecule has 0 aromatic carbocycles. The number of hydrogen-bond acceptors (Lipinski definition) is 4. The van der Waals surface area contributed by atoms with Crippen LogP contribution in [0.15, 0.2) is 23.1 Å². The number of carbonyl (C=O) groups excluding carboxylic acids is 2. The molecule has 1 heterocycles. The molecular formula is C14H18N4O3. The van der Waals surface area contributed by atoms with Crippen molar-refractivity contribution in [1.29, 1.82) is 5.26 Å². The van der Waals surface area contributed by atoms with Crippen molar-refractivity contribution >= 4 is 11.8 Å². The first-order valence-electron chi connectivity index (χ1n) is 6.58. The van der Waals surface area contributed by atoms with E-state index >= 15 is 0 Å². The first kappa shape index (κ1) is 16.4. The number of nitrogens with zero attached hydrogens (tertiary/aromatic N) is 1. The normalized spacial score (nSPS) is 11.5. The van der Waals surface area contributed by atoms with Crippen molar-refractivity contribution in [2.24, 2.45) is 5.92 Å². The van der Waals surface area contributed by atoms with Gasteiger partial charge in [-0.15, -0.1) is 0 Å². The molecule has 1 unspecified atom stereocenters. The number of carbonyl (C=O) groups is 2. The second-order valence-corrected chi connectivity index (χ2v) is 4.97. The number of aromatic nitrogens is 1. The molecule has 2 amide bonds. The highest BCUT2D eigenvalue weighted by molar-refractivity contribution is 5.97. The summed E-state index contributed by atoms with van der Waals surface area (Å²) in [6, 6.07) is 3.71. The Labute approximate surface area is 122 Å². The van der Waals surface area contributed by atoms with E-state index < -0.39 is 17.9 Å². The summed E-state index contributed by atoms with van der Waals surface area (Å²) < 4.78 is 0. The van der Waals surface area contributed by atoms with E-state index in [2.05, 4.69) is 15.6 Å². The number of pyridine rings is 1. The molecule has 3 N–H and O–H groups in total. The third-order valence-corrected chi connectivity index (χ3v) is 2.72. The van der Waals surface area contributed by atoms with Crippen LogP contribution in [-0.4, -0.2) is 29.4 Å². The summed E-state index contributed by atoms with van der Waals surface area (Å²) in [5.74, 6) is -0.661. The molecule has 1 aromatic rings. The Bertz CT molecular complexity index is 580. The molecule has 0 bridgehead atoms. The standard InChI is InChI=1S/C14H18N4O3/c1-9(2)7-11(14(21)16-6-5-15)18-13(20)10-3-4-12(19)17-8-10/h3-4,8-9,11H,6-7H2,1-2H3,(H,16,21)(H,17,19)(H,18,20). The SMILES string of the molecule is CC(C)CC(NC(=O)c1ccc(=O)[nH]c1)C(=O)NCC#N. The maximum Gasteiger partial charge on any atom is 0.253 e. The van der Waals surface area contributed by atoms with Crippen LogP contribution in [0.5, 0.6) is 0 Å². The van der Waals surface area contributed by atoms with Crippen LogP contribution in [-0.2, 0) is 4.79 Å². The Morgan fingerprint density at radius 3 is 2.62 bits per heavy atom. The molecule has 0 aliphatic carbocycles. The predicted molar refractivity (Wildman–Crippen MR) is 76.4 cm³/mol. The van der Waals surface area contributed by atoms with Gasteiger partial charge in [-0.1, -0.05) is 13.8 Å². The third-order valence-electron chi connectivity index (χ3n) is 2.72. The quantitative estimate of drug-likeness (QED) is 0.647. The van der Waals surface area contributed by atoms with Gasteiger partial charge in [0.2, 0.25) is 11.5 Å². The Kier molecular flexibility index (Phi) is 6.14. The molecule has 1 rings (SSSR count). The van der Waals surface area contributed by atoms with Gasteiger partial charge in [-0.3, -0.25) is 14.4 Å². The molecule has 21 heavy (non-hydrogen) atoms. The van der Waals surface area contributed by atoms with E-state index in [1.165, 1.54) is 18.3 Å². The van der Waals surface area contributed by atoms with Gasteiger partial charge in [0.15, 0.2) is 0 Å². The van der Waals surface area contributed by atoms with Crippen LogP contribution in [0, 0.1) is 17.2 Å². The Morgan fingerprint density at radius 2 is 2.10 bits per heavy atom. The first-order valence-corrected chi connectivity index (χ1v) is 6.58. The van der Waals surface area contributed by atoms with E-state index in [-0.39, 0.29) is 23.6 Å². The van der Waals surface area contributed by atoms with Gasteiger partial charge in [0, 0.05) is 12.3 Å². The van der Waals surface area contributed by atoms with Gasteiger partial charge in [0.1, 0.15) is 12.6 Å². The van der Waals surface area contributed by atoms with Gasteiger partial charge < -0.3 is 15.6 Å². The van der Waals surface area contributed by atoms with Crippen LogP contribution >= 0.6 is 0 Å². The lowest BCUT2D eigenvalue weighted by Crippen LogP contribution is -2.47. The second kappa shape index (κ2) is 7.85. The molecule has 112 valence electrons. The number of amides is 2. The highest BCUT2D eigenvalue weighted by Crippen LogP contribution is 2.06. The fraction of sp³-hybridized carbons (Fsp3) is 0.429. The van der Waals surface area contributed by atoms with E-state index in [0.29, 0.717) is 6.42 Å². The summed E-state index contributed by atoms with van der Waals surface area (Å²) in [6.07, 6.45) is 1.74. The van der Waals surface area contributed by atoms with Crippen molar-refractivity contribution in [2.45, 2.75) is 26.3 Å². The number of nitriles is 1. The van der Waals surface area contributed by atoms with Crippen LogP contribution in [0.3, 0.4) is 0 Å². The van der Waals surface area contributed by atoms with Crippen LogP contribution in [0.4, 0.5) is 0 Å². The Balaban J connectivity index is 2.77. The lowest BCUT2D eigenvalue weighted by molar-refractivity contribution is -0.123. The minimum atomic E-state index is -0.724. The van der Waals surface area contributed by atoms with Crippen LogP contribution < -0.4 is 16.2 Å². The predicted octanol–water partition coefficient (Wildman–Crippen LogP) is 0.159. The minimum Gasteiger partial charge on any atom is -0.341 e. The molecule has 0 fully saturated rings. The topological polar surface area (TPSA) is 115 Å². The van der Waals surface area contributed by atoms with Gasteiger partial charge in [0.05, 0.1) is 11.6 Å². The zero-order valence-electron chi connectivity index (χ0n) is 12.0. The number of nitrogens with one attached hydrogen (secondary N) is 3. The first-order chi connectivity index (χ1) is 9.93. The molecule has 0 saturated heterocycles. The fourth-order valence-electron chi connectivity index (χ4n) is 1.75. The molecule has 0 aliphatic rings. The van der Waals surface area contributed by atoms with E-state index in [4.69, 9.17) is 5.26 Å². The summed E-state index contributed by atoms with van der Waals surface area (Å²) in [6.45, 7) is 3.75.